The largest absolute Gasteiger partial charge is 0.459 e. The fraction of sp³-hybridized carbons (Fsp3) is 0.750. The highest BCUT2D eigenvalue weighted by Gasteiger charge is 2.53. The Hall–Kier alpha value is -3.38. The lowest BCUT2D eigenvalue weighted by Crippen LogP contribution is -2.60. The Bertz CT molecular complexity index is 1560. The number of carbonyl (C=O) groups is 3. The molecular weight excluding hydrogens is 728 g/mol. The van der Waals surface area contributed by atoms with Crippen LogP contribution in [0.4, 0.5) is 0 Å². The molecule has 0 aliphatic carbocycles. The maximum atomic E-state index is 14.4. The first-order valence-corrected chi connectivity index (χ1v) is 19.5. The van der Waals surface area contributed by atoms with Gasteiger partial charge in [-0.2, -0.15) is 0 Å². The van der Waals surface area contributed by atoms with Crippen molar-refractivity contribution in [3.8, 4) is 0 Å². The van der Waals surface area contributed by atoms with E-state index in [1.807, 2.05) is 38.9 Å². The third kappa shape index (κ3) is 10.8. The van der Waals surface area contributed by atoms with Gasteiger partial charge < -0.3 is 48.5 Å². The molecule has 0 unspecified atom stereocenters. The van der Waals surface area contributed by atoms with Gasteiger partial charge in [0.25, 0.3) is 0 Å². The summed E-state index contributed by atoms with van der Waals surface area (Å²) in [7, 11) is 3.72. The Balaban J connectivity index is 1.94. The van der Waals surface area contributed by atoms with Gasteiger partial charge in [-0.1, -0.05) is 44.1 Å². The maximum absolute atomic E-state index is 14.4. The van der Waals surface area contributed by atoms with Gasteiger partial charge >= 0.3 is 11.9 Å². The van der Waals surface area contributed by atoms with E-state index in [1.54, 1.807) is 46.2 Å². The number of aliphatic hydroxyl groups is 2. The molecule has 0 saturated carbocycles. The predicted octanol–water partition coefficient (Wildman–Crippen LogP) is 3.45. The number of hydrogen-bond acceptors (Lipinski definition) is 16. The lowest BCUT2D eigenvalue weighted by atomic mass is 9.74. The molecule has 16 nitrogen and oxygen atoms in total. The second kappa shape index (κ2) is 19.4. The van der Waals surface area contributed by atoms with Crippen molar-refractivity contribution in [2.75, 3.05) is 27.3 Å². The molecule has 0 spiro atoms. The summed E-state index contributed by atoms with van der Waals surface area (Å²) in [6, 6.07) is 3.30. The first-order valence-electron chi connectivity index (χ1n) is 19.5. The number of carbonyl (C=O) groups excluding carboxylic acids is 3. The molecule has 4 heterocycles. The van der Waals surface area contributed by atoms with Crippen LogP contribution in [0.1, 0.15) is 87.1 Å². The fourth-order valence-corrected chi connectivity index (χ4v) is 8.18. The molecular formula is C40H62N4O12. The first kappa shape index (κ1) is 45.3. The summed E-state index contributed by atoms with van der Waals surface area (Å²) < 4.78 is 32.3. The maximum Gasteiger partial charge on any atom is 0.331 e. The summed E-state index contributed by atoms with van der Waals surface area (Å²) in [5, 5.41) is 32.7. The Kier molecular flexibility index (Phi) is 15.7. The van der Waals surface area contributed by atoms with Crippen LogP contribution in [0.5, 0.6) is 0 Å². The van der Waals surface area contributed by atoms with Crippen molar-refractivity contribution in [2.24, 2.45) is 34.0 Å². The molecule has 1 aromatic rings. The molecule has 0 amide bonds. The number of rotatable bonds is 8. The Morgan fingerprint density at radius 2 is 1.80 bits per heavy atom. The van der Waals surface area contributed by atoms with Crippen LogP contribution >= 0.6 is 0 Å². The van der Waals surface area contributed by atoms with Crippen molar-refractivity contribution in [3.05, 3.63) is 30.1 Å². The molecule has 0 radical (unpaired) electrons. The summed E-state index contributed by atoms with van der Waals surface area (Å²) in [6.45, 7) is 14.6. The molecule has 2 N–H and O–H groups in total. The summed E-state index contributed by atoms with van der Waals surface area (Å²) in [4.78, 5) is 57.5. The van der Waals surface area contributed by atoms with Crippen molar-refractivity contribution >= 4 is 29.1 Å². The van der Waals surface area contributed by atoms with Gasteiger partial charge in [0.1, 0.15) is 36.0 Å². The van der Waals surface area contributed by atoms with Crippen molar-refractivity contribution in [1.82, 2.24) is 9.88 Å². The number of esters is 1. The Morgan fingerprint density at radius 1 is 1.09 bits per heavy atom. The van der Waals surface area contributed by atoms with Gasteiger partial charge in [-0.3, -0.25) is 14.6 Å². The van der Waals surface area contributed by atoms with Crippen LogP contribution in [0.15, 0.2) is 34.8 Å². The number of ketones is 1. The van der Waals surface area contributed by atoms with E-state index in [2.05, 4.69) is 15.3 Å². The number of Topliss-reactive ketones (excluding diaryl/α,β-unsaturated/α-hetero) is 1. The number of fused-ring (bicyclic) bond motifs is 5. The predicted molar refractivity (Wildman–Crippen MR) is 204 cm³/mol. The van der Waals surface area contributed by atoms with E-state index in [0.717, 1.165) is 5.56 Å². The van der Waals surface area contributed by atoms with E-state index in [1.165, 1.54) is 20.8 Å². The lowest BCUT2D eigenvalue weighted by Gasteiger charge is -2.47. The van der Waals surface area contributed by atoms with Gasteiger partial charge in [-0.25, -0.2) is 4.79 Å². The molecule has 3 fully saturated rings. The lowest BCUT2D eigenvalue weighted by molar-refractivity contribution is -0.296. The van der Waals surface area contributed by atoms with Crippen LogP contribution in [0.3, 0.4) is 0 Å². The zero-order valence-electron chi connectivity index (χ0n) is 34.7. The smallest absolute Gasteiger partial charge is 0.331 e. The van der Waals surface area contributed by atoms with E-state index in [0.29, 0.717) is 17.8 Å². The van der Waals surface area contributed by atoms with E-state index >= 15 is 0 Å². The van der Waals surface area contributed by atoms with Gasteiger partial charge in [0.2, 0.25) is 0 Å². The second-order valence-electron chi connectivity index (χ2n) is 16.2. The highest BCUT2D eigenvalue weighted by molar-refractivity contribution is 6.00. The topological polar surface area (TPSA) is 197 Å². The van der Waals surface area contributed by atoms with Crippen LogP contribution in [0, 0.1) is 23.7 Å². The van der Waals surface area contributed by atoms with Gasteiger partial charge in [-0.15, -0.1) is 0 Å². The van der Waals surface area contributed by atoms with Crippen LogP contribution in [0.25, 0.3) is 0 Å². The number of ether oxygens (including phenoxy) is 5. The van der Waals surface area contributed by atoms with E-state index in [9.17, 15) is 24.6 Å². The van der Waals surface area contributed by atoms with Crippen LogP contribution in [-0.2, 0) is 54.3 Å². The van der Waals surface area contributed by atoms with Gasteiger partial charge in [-0.05, 0) is 67.1 Å². The zero-order chi connectivity index (χ0) is 41.5. The second-order valence-corrected chi connectivity index (χ2v) is 16.2. The minimum absolute atomic E-state index is 0.0908. The molecule has 13 atom stereocenters. The number of pyridine rings is 1. The van der Waals surface area contributed by atoms with E-state index in [-0.39, 0.29) is 44.8 Å². The molecule has 2 bridgehead atoms. The average Bonchev–Trinajstić information content (AvgIpc) is 3.15. The molecule has 3 aliphatic heterocycles. The summed E-state index contributed by atoms with van der Waals surface area (Å²) in [5.74, 6) is -5.61. The molecule has 314 valence electrons. The molecule has 16 heteroatoms. The third-order valence-corrected chi connectivity index (χ3v) is 11.3. The molecule has 1 aromatic heterocycles. The number of cyclic esters (lactones) is 1. The number of oxime groups is 2. The number of nitrogens with zero attached hydrogens (tertiary/aromatic N) is 4. The minimum atomic E-state index is -1.86. The normalized spacial score (nSPS) is 39.4. The number of likely N-dealkylation sites (N-methyl/N-ethyl adjacent to an activating group) is 1. The van der Waals surface area contributed by atoms with Crippen molar-refractivity contribution < 1.29 is 58.0 Å². The summed E-state index contributed by atoms with van der Waals surface area (Å²) in [6.07, 6.45) is -1.88. The van der Waals surface area contributed by atoms with Crippen LogP contribution in [0.2, 0.25) is 0 Å². The monoisotopic (exact) mass is 790 g/mol. The third-order valence-electron chi connectivity index (χ3n) is 11.3. The standard InChI is InChI=1S/C40H62N4O12/c1-12-31-40(9,49)36-24(4)32(43-56-27(7)45)22(2)17-39(8,51-21-29(20-50-36)42-52-19-28-14-13-15-41-18-28)35(25(5)33(46)26(6)37(48)54-31)55-38-34(47)30(44(10)11)16-23(3)53-38/h13-15,18,22-26,30-31,34-36,38,47,49H,12,16-17,19-21H2,1-11H3/b42-29-,43-32+/t22-,23-,24+,25+,26-,30+,31-,34-,35-,36+,38+,39-,40-/m1/s1. The number of hydrogen-bond donors (Lipinski definition) is 2. The van der Waals surface area contributed by atoms with Crippen molar-refractivity contribution in [1.29, 1.82) is 0 Å². The first-order chi connectivity index (χ1) is 26.3. The molecule has 3 saturated heterocycles. The van der Waals surface area contributed by atoms with Crippen molar-refractivity contribution in [3.63, 3.8) is 0 Å². The van der Waals surface area contributed by atoms with Crippen LogP contribution in [-0.4, -0.2) is 131 Å². The van der Waals surface area contributed by atoms with Gasteiger partial charge in [0.05, 0.1) is 42.8 Å². The quantitative estimate of drug-likeness (QED) is 0.168. The zero-order valence-corrected chi connectivity index (χ0v) is 34.7. The molecule has 0 aromatic carbocycles. The number of aliphatic hydroxyl groups excluding tert-OH is 1. The van der Waals surface area contributed by atoms with E-state index < -0.39 is 83.3 Å². The van der Waals surface area contributed by atoms with Crippen molar-refractivity contribution in [2.45, 2.75) is 142 Å². The van der Waals surface area contributed by atoms with Gasteiger partial charge in [0.15, 0.2) is 12.1 Å². The summed E-state index contributed by atoms with van der Waals surface area (Å²) >= 11 is 0. The Morgan fingerprint density at radius 3 is 2.43 bits per heavy atom. The summed E-state index contributed by atoms with van der Waals surface area (Å²) in [5.41, 5.74) is -1.87. The van der Waals surface area contributed by atoms with Crippen LogP contribution < -0.4 is 0 Å². The SMILES string of the molecule is CC[C@H]1OC(=O)[C@H](C)C(=O)[C@H](C)[C@@H](O[C@@H]2O[C@H](C)C[C@H](N(C)C)[C@H]2O)[C@@]2(C)C[C@@H](C)/C(=N\OC(C)=O)[C@H](C)[C@H](OC/C(=N/OCc3cccnc3)CO2)[C@]1(C)O. The highest BCUT2D eigenvalue weighted by Crippen LogP contribution is 2.40. The minimum Gasteiger partial charge on any atom is -0.459 e. The van der Waals surface area contributed by atoms with E-state index in [4.69, 9.17) is 33.4 Å². The fourth-order valence-electron chi connectivity index (χ4n) is 8.18. The Labute approximate surface area is 330 Å². The molecule has 3 aliphatic rings. The number of aromatic nitrogens is 1. The van der Waals surface area contributed by atoms with Gasteiger partial charge in [0, 0.05) is 48.7 Å². The molecule has 4 rings (SSSR count). The molecule has 56 heavy (non-hydrogen) atoms. The highest BCUT2D eigenvalue weighted by atomic mass is 16.7. The average molecular weight is 791 g/mol.